The number of hydrogen-bond acceptors (Lipinski definition) is 2. The average molecular weight is 263 g/mol. The summed E-state index contributed by atoms with van der Waals surface area (Å²) in [6, 6.07) is 6.49. The lowest BCUT2D eigenvalue weighted by molar-refractivity contribution is -0.122. The molecule has 0 aliphatic heterocycles. The van der Waals surface area contributed by atoms with Gasteiger partial charge in [0.25, 0.3) is 0 Å². The fourth-order valence-electron chi connectivity index (χ4n) is 2.98. The molecule has 0 bridgehead atoms. The van der Waals surface area contributed by atoms with E-state index < -0.39 is 0 Å². The predicted molar refractivity (Wildman–Crippen MR) is 74.2 cm³/mol. The zero-order chi connectivity index (χ0) is 13.7. The van der Waals surface area contributed by atoms with Crippen molar-refractivity contribution in [3.05, 3.63) is 35.6 Å². The van der Waals surface area contributed by atoms with Crippen molar-refractivity contribution in [1.82, 2.24) is 5.32 Å². The lowest BCUT2D eigenvalue weighted by Crippen LogP contribution is -2.31. The molecule has 0 radical (unpaired) electrons. The summed E-state index contributed by atoms with van der Waals surface area (Å²) in [7, 11) is 0. The molecular formula is C16H22FNO. The van der Waals surface area contributed by atoms with Gasteiger partial charge in [-0.2, -0.15) is 0 Å². The lowest BCUT2D eigenvalue weighted by Gasteiger charge is -2.21. The van der Waals surface area contributed by atoms with E-state index in [-0.39, 0.29) is 11.7 Å². The van der Waals surface area contributed by atoms with Crippen LogP contribution in [0, 0.1) is 17.7 Å². The Bertz CT molecular complexity index is 409. The van der Waals surface area contributed by atoms with Gasteiger partial charge in [-0.1, -0.05) is 25.0 Å². The number of nitrogens with one attached hydrogen (secondary N) is 1. The summed E-state index contributed by atoms with van der Waals surface area (Å²) in [5, 5.41) is 3.34. The largest absolute Gasteiger partial charge is 0.312 e. The van der Waals surface area contributed by atoms with Crippen molar-refractivity contribution >= 4 is 5.78 Å². The number of carbonyl (C=O) groups excluding carboxylic acids is 1. The van der Waals surface area contributed by atoms with Crippen molar-refractivity contribution in [2.24, 2.45) is 11.8 Å². The third-order valence-electron chi connectivity index (χ3n) is 4.10. The molecule has 1 aliphatic carbocycles. The minimum absolute atomic E-state index is 0.142. The zero-order valence-electron chi connectivity index (χ0n) is 11.5. The van der Waals surface area contributed by atoms with Gasteiger partial charge in [0.1, 0.15) is 11.6 Å². The first kappa shape index (κ1) is 14.2. The molecular weight excluding hydrogens is 241 g/mol. The Hall–Kier alpha value is -1.22. The van der Waals surface area contributed by atoms with E-state index in [1.807, 2.05) is 0 Å². The van der Waals surface area contributed by atoms with E-state index in [2.05, 4.69) is 5.32 Å². The van der Waals surface area contributed by atoms with Gasteiger partial charge in [-0.25, -0.2) is 4.39 Å². The molecule has 1 atom stereocenters. The summed E-state index contributed by atoms with van der Waals surface area (Å²) in [6.07, 6.45) is 4.88. The molecule has 3 heteroatoms. The van der Waals surface area contributed by atoms with Crippen LogP contribution in [-0.4, -0.2) is 12.3 Å². The maximum Gasteiger partial charge on any atom is 0.134 e. The van der Waals surface area contributed by atoms with Crippen molar-refractivity contribution in [3.63, 3.8) is 0 Å². The van der Waals surface area contributed by atoms with Gasteiger partial charge in [0, 0.05) is 19.0 Å². The molecule has 2 nitrogen and oxygen atoms in total. The number of hydrogen-bond donors (Lipinski definition) is 1. The molecule has 0 aromatic heterocycles. The highest BCUT2D eigenvalue weighted by Gasteiger charge is 2.27. The number of rotatable bonds is 6. The van der Waals surface area contributed by atoms with Crippen LogP contribution in [0.25, 0.3) is 0 Å². The van der Waals surface area contributed by atoms with Crippen molar-refractivity contribution in [3.8, 4) is 0 Å². The second-order valence-corrected chi connectivity index (χ2v) is 5.52. The Morgan fingerprint density at radius 3 is 2.53 bits per heavy atom. The van der Waals surface area contributed by atoms with Crippen LogP contribution in [0.5, 0.6) is 0 Å². The third kappa shape index (κ3) is 4.13. The number of halogens is 1. The Morgan fingerprint density at radius 1 is 1.32 bits per heavy atom. The summed E-state index contributed by atoms with van der Waals surface area (Å²) >= 11 is 0. The van der Waals surface area contributed by atoms with Crippen LogP contribution < -0.4 is 5.32 Å². The molecule has 104 valence electrons. The van der Waals surface area contributed by atoms with E-state index in [0.29, 0.717) is 18.2 Å². The lowest BCUT2D eigenvalue weighted by atomic mass is 9.88. The second kappa shape index (κ2) is 6.80. The summed E-state index contributed by atoms with van der Waals surface area (Å²) in [4.78, 5) is 11.7. The van der Waals surface area contributed by atoms with Crippen molar-refractivity contribution in [2.45, 2.75) is 39.2 Å². The minimum atomic E-state index is -0.212. The standard InChI is InChI=1S/C16H22FNO/c1-12(19)16(14-4-2-3-5-14)11-18-10-13-6-8-15(17)9-7-13/h6-9,14,16,18H,2-5,10-11H2,1H3. The molecule has 1 aromatic rings. The second-order valence-electron chi connectivity index (χ2n) is 5.52. The average Bonchev–Trinajstić information content (AvgIpc) is 2.90. The van der Waals surface area contributed by atoms with E-state index in [9.17, 15) is 9.18 Å². The summed E-state index contributed by atoms with van der Waals surface area (Å²) in [6.45, 7) is 3.12. The van der Waals surface area contributed by atoms with E-state index in [4.69, 9.17) is 0 Å². The summed E-state index contributed by atoms with van der Waals surface area (Å²) in [5.41, 5.74) is 1.05. The van der Waals surface area contributed by atoms with Crippen LogP contribution in [0.4, 0.5) is 4.39 Å². The van der Waals surface area contributed by atoms with Crippen LogP contribution in [0.1, 0.15) is 38.2 Å². The van der Waals surface area contributed by atoms with Crippen LogP contribution in [0.2, 0.25) is 0 Å². The van der Waals surface area contributed by atoms with E-state index in [1.54, 1.807) is 19.1 Å². The Balaban J connectivity index is 1.82. The first-order valence-corrected chi connectivity index (χ1v) is 7.12. The van der Waals surface area contributed by atoms with Crippen LogP contribution >= 0.6 is 0 Å². The number of benzene rings is 1. The maximum absolute atomic E-state index is 12.8. The molecule has 1 aliphatic rings. The van der Waals surface area contributed by atoms with Crippen molar-refractivity contribution < 1.29 is 9.18 Å². The van der Waals surface area contributed by atoms with Crippen molar-refractivity contribution in [2.75, 3.05) is 6.54 Å². The molecule has 1 saturated carbocycles. The molecule has 0 amide bonds. The zero-order valence-corrected chi connectivity index (χ0v) is 11.5. The van der Waals surface area contributed by atoms with Gasteiger partial charge in [-0.15, -0.1) is 0 Å². The number of ketones is 1. The first-order valence-electron chi connectivity index (χ1n) is 7.12. The Labute approximate surface area is 114 Å². The molecule has 0 heterocycles. The SMILES string of the molecule is CC(=O)C(CNCc1ccc(F)cc1)C1CCCC1. The van der Waals surface area contributed by atoms with Crippen LogP contribution in [0.3, 0.4) is 0 Å². The van der Waals surface area contributed by atoms with Gasteiger partial charge in [0.2, 0.25) is 0 Å². The minimum Gasteiger partial charge on any atom is -0.312 e. The summed E-state index contributed by atoms with van der Waals surface area (Å²) in [5.74, 6) is 0.774. The van der Waals surface area contributed by atoms with E-state index in [0.717, 1.165) is 12.1 Å². The van der Waals surface area contributed by atoms with Gasteiger partial charge >= 0.3 is 0 Å². The Morgan fingerprint density at radius 2 is 1.95 bits per heavy atom. The first-order chi connectivity index (χ1) is 9.16. The van der Waals surface area contributed by atoms with Gasteiger partial charge in [0.15, 0.2) is 0 Å². The number of Topliss-reactive ketones (excluding diaryl/α,β-unsaturated/α-hetero) is 1. The molecule has 1 aromatic carbocycles. The van der Waals surface area contributed by atoms with Gasteiger partial charge in [0.05, 0.1) is 0 Å². The smallest absolute Gasteiger partial charge is 0.134 e. The van der Waals surface area contributed by atoms with E-state index in [1.165, 1.54) is 37.8 Å². The highest BCUT2D eigenvalue weighted by Crippen LogP contribution is 2.31. The summed E-state index contributed by atoms with van der Waals surface area (Å²) < 4.78 is 12.8. The molecule has 19 heavy (non-hydrogen) atoms. The third-order valence-corrected chi connectivity index (χ3v) is 4.10. The van der Waals surface area contributed by atoms with E-state index >= 15 is 0 Å². The monoisotopic (exact) mass is 263 g/mol. The molecule has 1 unspecified atom stereocenters. The van der Waals surface area contributed by atoms with Gasteiger partial charge < -0.3 is 5.32 Å². The topological polar surface area (TPSA) is 29.1 Å². The highest BCUT2D eigenvalue weighted by molar-refractivity contribution is 5.78. The van der Waals surface area contributed by atoms with Crippen LogP contribution in [0.15, 0.2) is 24.3 Å². The molecule has 1 fully saturated rings. The molecule has 1 N–H and O–H groups in total. The maximum atomic E-state index is 12.8. The van der Waals surface area contributed by atoms with Gasteiger partial charge in [-0.3, -0.25) is 4.79 Å². The highest BCUT2D eigenvalue weighted by atomic mass is 19.1. The van der Waals surface area contributed by atoms with Gasteiger partial charge in [-0.05, 0) is 43.4 Å². The predicted octanol–water partition coefficient (Wildman–Crippen LogP) is 3.31. The molecule has 0 spiro atoms. The fraction of sp³-hybridized carbons (Fsp3) is 0.562. The fourth-order valence-corrected chi connectivity index (χ4v) is 2.98. The molecule has 2 rings (SSSR count). The number of carbonyl (C=O) groups is 1. The molecule has 0 saturated heterocycles. The quantitative estimate of drug-likeness (QED) is 0.853. The normalized spacial score (nSPS) is 17.6. The Kier molecular flexibility index (Phi) is 5.08. The van der Waals surface area contributed by atoms with Crippen molar-refractivity contribution in [1.29, 1.82) is 0 Å². The van der Waals surface area contributed by atoms with Crippen LogP contribution in [-0.2, 0) is 11.3 Å².